The molecule has 4 atom stereocenters. The van der Waals surface area contributed by atoms with Crippen LogP contribution in [0.1, 0.15) is 45.3 Å². The van der Waals surface area contributed by atoms with Crippen molar-refractivity contribution in [3.8, 4) is 0 Å². The van der Waals surface area contributed by atoms with Crippen LogP contribution >= 0.6 is 0 Å². The molecule has 1 aromatic rings. The lowest BCUT2D eigenvalue weighted by molar-refractivity contribution is -0.151. The summed E-state index contributed by atoms with van der Waals surface area (Å²) in [5.41, 5.74) is 6.83. The Bertz CT molecular complexity index is 876. The summed E-state index contributed by atoms with van der Waals surface area (Å²) in [7, 11) is 0. The van der Waals surface area contributed by atoms with E-state index in [0.29, 0.717) is 6.42 Å². The van der Waals surface area contributed by atoms with Gasteiger partial charge in [-0.2, -0.15) is 4.98 Å². The van der Waals surface area contributed by atoms with Gasteiger partial charge >= 0.3 is 23.8 Å². The first-order valence-corrected chi connectivity index (χ1v) is 10.4. The number of esters is 1. The topological polar surface area (TPSA) is 202 Å². The minimum atomic E-state index is -1.58. The Morgan fingerprint density at radius 2 is 2.15 bits per heavy atom. The number of carboxylic acid groups (broad SMARTS) is 1. The average Bonchev–Trinajstić information content (AvgIpc) is 3.17. The lowest BCUT2D eigenvalue weighted by Gasteiger charge is -2.20. The Morgan fingerprint density at radius 3 is 2.79 bits per heavy atom. The zero-order valence-electron chi connectivity index (χ0n) is 18.0. The fourth-order valence-electron chi connectivity index (χ4n) is 3.00. The third kappa shape index (κ3) is 8.00. The standard InChI is InChI=1S/C19H28N4O10/c1-2-3-4-5-15(25)33-22-14-6-7-23(18(27)21-14)16-13(32-19(28)29)8-11(31-16)10-30-17(26)12(20)9-24/h6-7,11-13,16,24H,2-5,8-10,20H2,1H3,(H,28,29)(H,21,22,27)/t11-,12-,13+,16+/m0/s1. The molecule has 1 fully saturated rings. The second-order valence-corrected chi connectivity index (χ2v) is 7.26. The number of anilines is 1. The van der Waals surface area contributed by atoms with Crippen molar-refractivity contribution >= 4 is 23.9 Å². The number of carbonyl (C=O) groups excluding carboxylic acids is 2. The van der Waals surface area contributed by atoms with Gasteiger partial charge in [0, 0.05) is 25.1 Å². The van der Waals surface area contributed by atoms with Gasteiger partial charge < -0.3 is 35.0 Å². The van der Waals surface area contributed by atoms with Gasteiger partial charge in [-0.05, 0) is 6.42 Å². The molecule has 0 unspecified atom stereocenters. The molecule has 184 valence electrons. The number of aliphatic hydroxyl groups is 1. The molecule has 0 aromatic carbocycles. The molecule has 0 spiro atoms. The molecule has 0 saturated carbocycles. The Balaban J connectivity index is 2.03. The zero-order valence-corrected chi connectivity index (χ0v) is 18.0. The molecule has 14 heteroatoms. The summed E-state index contributed by atoms with van der Waals surface area (Å²) in [5.74, 6) is -1.39. The maximum absolute atomic E-state index is 12.5. The number of unbranched alkanes of at least 4 members (excludes halogenated alkanes) is 2. The summed E-state index contributed by atoms with van der Waals surface area (Å²) >= 11 is 0. The van der Waals surface area contributed by atoms with Crippen molar-refractivity contribution in [1.82, 2.24) is 9.55 Å². The molecule has 0 amide bonds. The molecule has 0 radical (unpaired) electrons. The van der Waals surface area contributed by atoms with Crippen molar-refractivity contribution in [3.05, 3.63) is 22.7 Å². The third-order valence-electron chi connectivity index (χ3n) is 4.67. The van der Waals surface area contributed by atoms with Crippen molar-refractivity contribution in [2.75, 3.05) is 18.7 Å². The zero-order chi connectivity index (χ0) is 24.4. The molecule has 0 aliphatic carbocycles. The number of hydrogen-bond acceptors (Lipinski definition) is 12. The van der Waals surface area contributed by atoms with E-state index in [1.165, 1.54) is 12.3 Å². The predicted octanol–water partition coefficient (Wildman–Crippen LogP) is -0.0928. The molecular weight excluding hydrogens is 444 g/mol. The molecule has 1 aliphatic rings. The largest absolute Gasteiger partial charge is 0.506 e. The number of nitrogens with one attached hydrogen (secondary N) is 1. The highest BCUT2D eigenvalue weighted by atomic mass is 16.7. The van der Waals surface area contributed by atoms with Gasteiger partial charge in [0.1, 0.15) is 12.6 Å². The van der Waals surface area contributed by atoms with Crippen LogP contribution in [0.3, 0.4) is 0 Å². The van der Waals surface area contributed by atoms with E-state index in [9.17, 15) is 19.2 Å². The Hall–Kier alpha value is -3.23. The van der Waals surface area contributed by atoms with E-state index in [-0.39, 0.29) is 25.3 Å². The maximum Gasteiger partial charge on any atom is 0.506 e. The minimum Gasteiger partial charge on any atom is -0.462 e. The summed E-state index contributed by atoms with van der Waals surface area (Å²) in [4.78, 5) is 55.4. The molecule has 33 heavy (non-hydrogen) atoms. The summed E-state index contributed by atoms with van der Waals surface area (Å²) in [5, 5.41) is 17.9. The summed E-state index contributed by atoms with van der Waals surface area (Å²) in [6.07, 6.45) is -0.660. The van der Waals surface area contributed by atoms with Crippen molar-refractivity contribution < 1.29 is 43.6 Å². The van der Waals surface area contributed by atoms with Gasteiger partial charge in [-0.25, -0.2) is 19.9 Å². The van der Waals surface area contributed by atoms with E-state index in [1.807, 2.05) is 6.92 Å². The molecule has 5 N–H and O–H groups in total. The monoisotopic (exact) mass is 472 g/mol. The van der Waals surface area contributed by atoms with Crippen LogP contribution in [0.15, 0.2) is 17.1 Å². The highest BCUT2D eigenvalue weighted by molar-refractivity contribution is 5.75. The van der Waals surface area contributed by atoms with Gasteiger partial charge in [0.15, 0.2) is 18.1 Å². The highest BCUT2D eigenvalue weighted by Gasteiger charge is 2.40. The summed E-state index contributed by atoms with van der Waals surface area (Å²) in [6.45, 7) is 1.11. The predicted molar refractivity (Wildman–Crippen MR) is 110 cm³/mol. The smallest absolute Gasteiger partial charge is 0.462 e. The van der Waals surface area contributed by atoms with Crippen molar-refractivity contribution in [1.29, 1.82) is 0 Å². The van der Waals surface area contributed by atoms with Gasteiger partial charge in [0.25, 0.3) is 0 Å². The molecule has 1 saturated heterocycles. The normalized spacial score (nSPS) is 20.6. The number of hydrogen-bond donors (Lipinski definition) is 4. The fourth-order valence-corrected chi connectivity index (χ4v) is 3.00. The van der Waals surface area contributed by atoms with Gasteiger partial charge in [-0.1, -0.05) is 19.8 Å². The average molecular weight is 472 g/mol. The quantitative estimate of drug-likeness (QED) is 0.136. The molecular formula is C19H28N4O10. The van der Waals surface area contributed by atoms with Crippen LogP contribution in [-0.4, -0.2) is 69.3 Å². The molecule has 1 aliphatic heterocycles. The van der Waals surface area contributed by atoms with E-state index in [2.05, 4.69) is 10.5 Å². The third-order valence-corrected chi connectivity index (χ3v) is 4.67. The van der Waals surface area contributed by atoms with Crippen LogP contribution in [0.2, 0.25) is 0 Å². The van der Waals surface area contributed by atoms with Crippen LogP contribution in [0, 0.1) is 0 Å². The Morgan fingerprint density at radius 1 is 1.39 bits per heavy atom. The number of nitrogens with two attached hydrogens (primary N) is 1. The van der Waals surface area contributed by atoms with Crippen LogP contribution in [0.4, 0.5) is 10.6 Å². The maximum atomic E-state index is 12.5. The van der Waals surface area contributed by atoms with Gasteiger partial charge in [0.2, 0.25) is 0 Å². The van der Waals surface area contributed by atoms with Gasteiger partial charge in [-0.15, -0.1) is 0 Å². The SMILES string of the molecule is CCCCCC(=O)ONc1ccn([C@@H]2O[C@H](COC(=O)[C@@H](N)CO)C[C@H]2OC(=O)O)c(=O)n1. The van der Waals surface area contributed by atoms with Gasteiger partial charge in [-0.3, -0.25) is 9.36 Å². The number of ether oxygens (including phenoxy) is 3. The van der Waals surface area contributed by atoms with Gasteiger partial charge in [0.05, 0.1) is 12.7 Å². The lowest BCUT2D eigenvalue weighted by Crippen LogP contribution is -2.37. The molecule has 14 nitrogen and oxygen atoms in total. The van der Waals surface area contributed by atoms with Crippen LogP contribution in [-0.2, 0) is 28.6 Å². The molecule has 1 aromatic heterocycles. The van der Waals surface area contributed by atoms with Crippen molar-refractivity contribution in [2.45, 2.75) is 63.5 Å². The summed E-state index contributed by atoms with van der Waals surface area (Å²) < 4.78 is 16.4. The first-order chi connectivity index (χ1) is 15.7. The second-order valence-electron chi connectivity index (χ2n) is 7.26. The van der Waals surface area contributed by atoms with E-state index < -0.39 is 54.9 Å². The second kappa shape index (κ2) is 12.7. The fraction of sp³-hybridized carbons (Fsp3) is 0.632. The van der Waals surface area contributed by atoms with E-state index in [1.54, 1.807) is 0 Å². The Kier molecular flexibility index (Phi) is 10.0. The van der Waals surface area contributed by atoms with E-state index >= 15 is 0 Å². The molecule has 0 bridgehead atoms. The number of carbonyl (C=O) groups is 3. The number of nitrogens with zero attached hydrogens (tertiary/aromatic N) is 2. The first kappa shape index (κ1) is 26.0. The number of rotatable bonds is 12. The summed E-state index contributed by atoms with van der Waals surface area (Å²) in [6, 6.07) is 0.107. The van der Waals surface area contributed by atoms with Crippen molar-refractivity contribution in [3.63, 3.8) is 0 Å². The minimum absolute atomic E-state index is 0.0135. The lowest BCUT2D eigenvalue weighted by atomic mass is 10.2. The Labute approximate surface area is 188 Å². The van der Waals surface area contributed by atoms with Crippen LogP contribution in [0.5, 0.6) is 0 Å². The number of aromatic nitrogens is 2. The first-order valence-electron chi connectivity index (χ1n) is 10.4. The molecule has 2 rings (SSSR count). The van der Waals surface area contributed by atoms with E-state index in [0.717, 1.165) is 17.4 Å². The number of aliphatic hydroxyl groups excluding tert-OH is 1. The van der Waals surface area contributed by atoms with E-state index in [4.69, 9.17) is 35.0 Å². The van der Waals surface area contributed by atoms with Crippen molar-refractivity contribution in [2.24, 2.45) is 5.73 Å². The molecule has 2 heterocycles. The van der Waals surface area contributed by atoms with Crippen LogP contribution in [0.25, 0.3) is 0 Å². The highest BCUT2D eigenvalue weighted by Crippen LogP contribution is 2.31. The van der Waals surface area contributed by atoms with Crippen LogP contribution < -0.4 is 16.9 Å².